The molecule has 3 rings (SSSR count). The van der Waals surface area contributed by atoms with Crippen LogP contribution in [0.15, 0.2) is 41.3 Å². The molecular weight excluding hydrogens is 352 g/mol. The molecule has 0 aliphatic carbocycles. The Morgan fingerprint density at radius 1 is 1.15 bits per heavy atom. The number of rotatable bonds is 4. The molecule has 0 radical (unpaired) electrons. The first-order chi connectivity index (χ1) is 12.3. The van der Waals surface area contributed by atoms with E-state index in [2.05, 4.69) is 4.72 Å². The lowest BCUT2D eigenvalue weighted by molar-refractivity contribution is 0.0765. The molecule has 0 saturated heterocycles. The molecule has 26 heavy (non-hydrogen) atoms. The highest BCUT2D eigenvalue weighted by Crippen LogP contribution is 2.28. The molecule has 0 unspecified atom stereocenters. The number of amides is 1. The molecule has 0 saturated carbocycles. The summed E-state index contributed by atoms with van der Waals surface area (Å²) in [5.74, 6) is 0.313. The van der Waals surface area contributed by atoms with Crippen LogP contribution in [-0.2, 0) is 10.0 Å². The quantitative estimate of drug-likeness (QED) is 0.893. The van der Waals surface area contributed by atoms with Crippen LogP contribution in [0.4, 0.5) is 5.69 Å². The van der Waals surface area contributed by atoms with E-state index in [1.807, 2.05) is 19.9 Å². The molecule has 0 atom stereocenters. The van der Waals surface area contributed by atoms with Crippen molar-refractivity contribution in [2.45, 2.75) is 25.7 Å². The Morgan fingerprint density at radius 2 is 1.92 bits per heavy atom. The zero-order chi connectivity index (χ0) is 18.9. The molecule has 6 nitrogen and oxygen atoms in total. The van der Waals surface area contributed by atoms with Crippen LogP contribution in [0.3, 0.4) is 0 Å². The lowest BCUT2D eigenvalue weighted by atomic mass is 10.1. The van der Waals surface area contributed by atoms with Crippen LogP contribution in [-0.4, -0.2) is 38.9 Å². The lowest BCUT2D eigenvalue weighted by Gasteiger charge is -2.17. The zero-order valence-electron chi connectivity index (χ0n) is 15.1. The maximum absolute atomic E-state index is 12.8. The molecule has 1 amide bonds. The molecule has 1 N–H and O–H groups in total. The zero-order valence-corrected chi connectivity index (χ0v) is 15.9. The Morgan fingerprint density at radius 3 is 2.65 bits per heavy atom. The SMILES string of the molecule is CCN1CCOc2ccc(NS(=O)(=O)c3cc(C)ccc3C)cc2C1=O. The van der Waals surface area contributed by atoms with Crippen molar-refractivity contribution in [2.75, 3.05) is 24.4 Å². The number of hydrogen-bond donors (Lipinski definition) is 1. The molecule has 1 aliphatic heterocycles. The van der Waals surface area contributed by atoms with Gasteiger partial charge in [-0.05, 0) is 56.2 Å². The summed E-state index contributed by atoms with van der Waals surface area (Å²) in [4.78, 5) is 14.5. The van der Waals surface area contributed by atoms with Crippen molar-refractivity contribution < 1.29 is 17.9 Å². The van der Waals surface area contributed by atoms with Crippen LogP contribution in [0.2, 0.25) is 0 Å². The van der Waals surface area contributed by atoms with Crippen molar-refractivity contribution in [3.8, 4) is 5.75 Å². The summed E-state index contributed by atoms with van der Waals surface area (Å²) in [6.45, 7) is 6.99. The second-order valence-corrected chi connectivity index (χ2v) is 7.97. The summed E-state index contributed by atoms with van der Waals surface area (Å²) in [6, 6.07) is 10.1. The molecule has 2 aromatic carbocycles. The van der Waals surface area contributed by atoms with Crippen molar-refractivity contribution >= 4 is 21.6 Å². The van der Waals surface area contributed by atoms with E-state index < -0.39 is 10.0 Å². The van der Waals surface area contributed by atoms with Gasteiger partial charge >= 0.3 is 0 Å². The van der Waals surface area contributed by atoms with Gasteiger partial charge in [0, 0.05) is 12.2 Å². The van der Waals surface area contributed by atoms with Crippen molar-refractivity contribution in [1.29, 1.82) is 0 Å². The van der Waals surface area contributed by atoms with Crippen molar-refractivity contribution in [3.05, 3.63) is 53.1 Å². The van der Waals surface area contributed by atoms with Crippen molar-refractivity contribution in [2.24, 2.45) is 0 Å². The number of nitrogens with one attached hydrogen (secondary N) is 1. The number of benzene rings is 2. The minimum absolute atomic E-state index is 0.159. The summed E-state index contributed by atoms with van der Waals surface area (Å²) < 4.78 is 33.7. The molecule has 1 aliphatic rings. The first-order valence-electron chi connectivity index (χ1n) is 8.48. The summed E-state index contributed by atoms with van der Waals surface area (Å²) in [5.41, 5.74) is 2.22. The van der Waals surface area contributed by atoms with Gasteiger partial charge in [0.05, 0.1) is 17.0 Å². The van der Waals surface area contributed by atoms with E-state index in [-0.39, 0.29) is 10.8 Å². The van der Waals surface area contributed by atoms with Crippen LogP contribution >= 0.6 is 0 Å². The first-order valence-corrected chi connectivity index (χ1v) is 9.96. The van der Waals surface area contributed by atoms with E-state index in [9.17, 15) is 13.2 Å². The fraction of sp³-hybridized carbons (Fsp3) is 0.316. The van der Waals surface area contributed by atoms with Gasteiger partial charge in [0.2, 0.25) is 0 Å². The number of carbonyl (C=O) groups excluding carboxylic acids is 1. The van der Waals surface area contributed by atoms with Crippen LogP contribution in [0, 0.1) is 13.8 Å². The van der Waals surface area contributed by atoms with Gasteiger partial charge in [-0.15, -0.1) is 0 Å². The molecule has 0 fully saturated rings. The number of ether oxygens (including phenoxy) is 1. The molecule has 2 aromatic rings. The smallest absolute Gasteiger partial charge is 0.262 e. The number of likely N-dealkylation sites (N-methyl/N-ethyl adjacent to an activating group) is 1. The number of fused-ring (bicyclic) bond motifs is 1. The van der Waals surface area contributed by atoms with Gasteiger partial charge in [-0.2, -0.15) is 0 Å². The van der Waals surface area contributed by atoms with E-state index in [0.29, 0.717) is 42.3 Å². The number of anilines is 1. The van der Waals surface area contributed by atoms with E-state index in [1.54, 1.807) is 36.1 Å². The Balaban J connectivity index is 1.96. The third-order valence-electron chi connectivity index (χ3n) is 4.38. The van der Waals surface area contributed by atoms with E-state index in [4.69, 9.17) is 4.74 Å². The largest absolute Gasteiger partial charge is 0.491 e. The fourth-order valence-corrected chi connectivity index (χ4v) is 4.31. The van der Waals surface area contributed by atoms with Crippen LogP contribution in [0.25, 0.3) is 0 Å². The third kappa shape index (κ3) is 3.53. The van der Waals surface area contributed by atoms with Crippen LogP contribution in [0.1, 0.15) is 28.4 Å². The van der Waals surface area contributed by atoms with Gasteiger partial charge < -0.3 is 9.64 Å². The van der Waals surface area contributed by atoms with Crippen molar-refractivity contribution in [1.82, 2.24) is 4.90 Å². The fourth-order valence-electron chi connectivity index (χ4n) is 2.93. The minimum Gasteiger partial charge on any atom is -0.491 e. The Bertz CT molecular complexity index is 954. The predicted molar refractivity (Wildman–Crippen MR) is 100 cm³/mol. The Kier molecular flexibility index (Phi) is 4.91. The molecule has 138 valence electrons. The maximum atomic E-state index is 12.8. The summed E-state index contributed by atoms with van der Waals surface area (Å²) >= 11 is 0. The molecule has 0 aromatic heterocycles. The number of sulfonamides is 1. The highest BCUT2D eigenvalue weighted by Gasteiger charge is 2.24. The Hall–Kier alpha value is -2.54. The average Bonchev–Trinajstić information content (AvgIpc) is 2.75. The van der Waals surface area contributed by atoms with Gasteiger partial charge in [0.1, 0.15) is 12.4 Å². The average molecular weight is 374 g/mol. The summed E-state index contributed by atoms with van der Waals surface area (Å²) in [6.07, 6.45) is 0. The highest BCUT2D eigenvalue weighted by molar-refractivity contribution is 7.92. The van der Waals surface area contributed by atoms with E-state index in [0.717, 1.165) is 5.56 Å². The van der Waals surface area contributed by atoms with Gasteiger partial charge in [0.15, 0.2) is 0 Å². The molecule has 1 heterocycles. The van der Waals surface area contributed by atoms with Crippen LogP contribution < -0.4 is 9.46 Å². The van der Waals surface area contributed by atoms with E-state index >= 15 is 0 Å². The minimum atomic E-state index is -3.75. The monoisotopic (exact) mass is 374 g/mol. The summed E-state index contributed by atoms with van der Waals surface area (Å²) in [7, 11) is -3.75. The van der Waals surface area contributed by atoms with Gasteiger partial charge in [-0.3, -0.25) is 9.52 Å². The standard InChI is InChI=1S/C19H22N2O4S/c1-4-21-9-10-25-17-8-7-15(12-16(17)19(21)22)20-26(23,24)18-11-13(2)5-6-14(18)3/h5-8,11-12,20H,4,9-10H2,1-3H3. The molecule has 0 bridgehead atoms. The highest BCUT2D eigenvalue weighted by atomic mass is 32.2. The number of aryl methyl sites for hydroxylation is 2. The van der Waals surface area contributed by atoms with Crippen molar-refractivity contribution in [3.63, 3.8) is 0 Å². The van der Waals surface area contributed by atoms with Gasteiger partial charge in [-0.25, -0.2) is 8.42 Å². The predicted octanol–water partition coefficient (Wildman–Crippen LogP) is 2.96. The maximum Gasteiger partial charge on any atom is 0.262 e. The number of hydrogen-bond acceptors (Lipinski definition) is 4. The first kappa shape index (κ1) is 18.3. The lowest BCUT2D eigenvalue weighted by Crippen LogP contribution is -2.32. The van der Waals surface area contributed by atoms with Gasteiger partial charge in [-0.1, -0.05) is 12.1 Å². The number of nitrogens with zero attached hydrogens (tertiary/aromatic N) is 1. The van der Waals surface area contributed by atoms with E-state index in [1.165, 1.54) is 6.07 Å². The summed E-state index contributed by atoms with van der Waals surface area (Å²) in [5, 5.41) is 0. The topological polar surface area (TPSA) is 75.7 Å². The second-order valence-electron chi connectivity index (χ2n) is 6.32. The number of carbonyl (C=O) groups is 1. The molecular formula is C19H22N2O4S. The normalized spacial score (nSPS) is 14.4. The molecule has 7 heteroatoms. The van der Waals surface area contributed by atoms with Gasteiger partial charge in [0.25, 0.3) is 15.9 Å². The van der Waals surface area contributed by atoms with Crippen LogP contribution in [0.5, 0.6) is 5.75 Å². The third-order valence-corrected chi connectivity index (χ3v) is 5.91. The molecule has 0 spiro atoms. The Labute approximate surface area is 153 Å². The second kappa shape index (κ2) is 6.99.